The van der Waals surface area contributed by atoms with E-state index < -0.39 is 5.41 Å². The molecule has 0 aromatic rings. The Hall–Kier alpha value is -0.260. The fourth-order valence-corrected chi connectivity index (χ4v) is 3.48. The first-order valence-corrected chi connectivity index (χ1v) is 7.41. The third-order valence-corrected chi connectivity index (χ3v) is 4.42. The van der Waals surface area contributed by atoms with Crippen LogP contribution in [0.4, 0.5) is 0 Å². The molecule has 0 saturated carbocycles. The minimum Gasteiger partial charge on any atom is -0.469 e. The molecule has 4 nitrogen and oxygen atoms in total. The monoisotopic (exact) mass is 292 g/mol. The summed E-state index contributed by atoms with van der Waals surface area (Å²) in [5, 5.41) is 0. The largest absolute Gasteiger partial charge is 0.469 e. The summed E-state index contributed by atoms with van der Waals surface area (Å²) < 4.78 is 15.3. The molecule has 0 N–H and O–H groups in total. The van der Waals surface area contributed by atoms with E-state index in [1.54, 1.807) is 26.0 Å². The number of hydrogen-bond acceptors (Lipinski definition) is 5. The van der Waals surface area contributed by atoms with Gasteiger partial charge in [-0.1, -0.05) is 13.8 Å². The van der Waals surface area contributed by atoms with E-state index in [4.69, 9.17) is 14.2 Å². The molecule has 0 heterocycles. The average Bonchev–Trinajstić information content (AvgIpc) is 2.32. The Kier molecular flexibility index (Phi) is 8.01. The second-order valence-electron chi connectivity index (χ2n) is 5.94. The lowest BCUT2D eigenvalue weighted by atomic mass is 9.83. The number of ether oxygens (including phenoxy) is 3. The lowest BCUT2D eigenvalue weighted by Crippen LogP contribution is -2.34. The van der Waals surface area contributed by atoms with Gasteiger partial charge >= 0.3 is 5.97 Å². The molecule has 0 fully saturated rings. The van der Waals surface area contributed by atoms with Crippen molar-refractivity contribution in [1.82, 2.24) is 0 Å². The minimum atomic E-state index is -0.477. The number of carbonyl (C=O) groups excluding carboxylic acids is 1. The predicted molar refractivity (Wildman–Crippen MR) is 79.6 cm³/mol. The normalized spacial score (nSPS) is 14.3. The van der Waals surface area contributed by atoms with E-state index in [0.717, 1.165) is 12.2 Å². The lowest BCUT2D eigenvalue weighted by molar-refractivity contribution is -0.151. The first-order chi connectivity index (χ1) is 8.68. The first kappa shape index (κ1) is 18.7. The standard InChI is InChI=1S/C14H28O4S/c1-13(2,12(15)18-7)10-14(3,4)19-9-11(17-6)8-16-5/h11H,8-10H2,1-7H3. The van der Waals surface area contributed by atoms with Crippen molar-refractivity contribution in [3.05, 3.63) is 0 Å². The number of rotatable bonds is 9. The second-order valence-corrected chi connectivity index (χ2v) is 7.66. The molecule has 0 saturated heterocycles. The highest BCUT2D eigenvalue weighted by Crippen LogP contribution is 2.38. The summed E-state index contributed by atoms with van der Waals surface area (Å²) in [5.41, 5.74) is -0.477. The van der Waals surface area contributed by atoms with Crippen LogP contribution in [0.5, 0.6) is 0 Å². The van der Waals surface area contributed by atoms with Gasteiger partial charge in [-0.15, -0.1) is 0 Å². The quantitative estimate of drug-likeness (QED) is 0.611. The number of hydrogen-bond donors (Lipinski definition) is 0. The zero-order valence-electron chi connectivity index (χ0n) is 13.2. The summed E-state index contributed by atoms with van der Waals surface area (Å²) in [5.74, 6) is 0.676. The lowest BCUT2D eigenvalue weighted by Gasteiger charge is -2.33. The maximum atomic E-state index is 11.7. The van der Waals surface area contributed by atoms with E-state index >= 15 is 0 Å². The first-order valence-electron chi connectivity index (χ1n) is 6.42. The van der Waals surface area contributed by atoms with Crippen LogP contribution >= 0.6 is 11.8 Å². The van der Waals surface area contributed by atoms with Gasteiger partial charge in [-0.05, 0) is 20.3 Å². The summed E-state index contributed by atoms with van der Waals surface area (Å²) >= 11 is 1.79. The molecule has 19 heavy (non-hydrogen) atoms. The second kappa shape index (κ2) is 8.12. The predicted octanol–water partition coefficient (Wildman–Crippen LogP) is 2.75. The van der Waals surface area contributed by atoms with Gasteiger partial charge in [0.05, 0.1) is 25.2 Å². The maximum absolute atomic E-state index is 11.7. The van der Waals surface area contributed by atoms with Crippen LogP contribution < -0.4 is 0 Å². The molecule has 0 aliphatic carbocycles. The Morgan fingerprint density at radius 3 is 2.16 bits per heavy atom. The third-order valence-electron chi connectivity index (χ3n) is 2.95. The molecule has 1 atom stereocenters. The van der Waals surface area contributed by atoms with Crippen molar-refractivity contribution in [2.45, 2.75) is 45.0 Å². The van der Waals surface area contributed by atoms with Gasteiger partial charge in [-0.2, -0.15) is 11.8 Å². The smallest absolute Gasteiger partial charge is 0.311 e. The topological polar surface area (TPSA) is 44.8 Å². The van der Waals surface area contributed by atoms with E-state index in [1.165, 1.54) is 7.11 Å². The maximum Gasteiger partial charge on any atom is 0.311 e. The van der Waals surface area contributed by atoms with E-state index in [2.05, 4.69) is 13.8 Å². The van der Waals surface area contributed by atoms with Gasteiger partial charge in [-0.3, -0.25) is 4.79 Å². The van der Waals surface area contributed by atoms with Gasteiger partial charge in [0, 0.05) is 24.7 Å². The highest BCUT2D eigenvalue weighted by molar-refractivity contribution is 8.00. The zero-order valence-corrected chi connectivity index (χ0v) is 14.1. The molecule has 0 bridgehead atoms. The molecule has 0 spiro atoms. The van der Waals surface area contributed by atoms with Crippen LogP contribution in [0.3, 0.4) is 0 Å². The van der Waals surface area contributed by atoms with Crippen molar-refractivity contribution in [1.29, 1.82) is 0 Å². The Morgan fingerprint density at radius 2 is 1.74 bits per heavy atom. The molecule has 5 heteroatoms. The van der Waals surface area contributed by atoms with Gasteiger partial charge in [0.1, 0.15) is 0 Å². The zero-order chi connectivity index (χ0) is 15.1. The molecular weight excluding hydrogens is 264 g/mol. The van der Waals surface area contributed by atoms with E-state index in [1.807, 2.05) is 13.8 Å². The fraction of sp³-hybridized carbons (Fsp3) is 0.929. The molecule has 1 unspecified atom stereocenters. The van der Waals surface area contributed by atoms with Crippen LogP contribution in [0.1, 0.15) is 34.1 Å². The Morgan fingerprint density at radius 1 is 1.16 bits per heavy atom. The molecule has 0 rings (SSSR count). The van der Waals surface area contributed by atoms with Crippen molar-refractivity contribution >= 4 is 17.7 Å². The van der Waals surface area contributed by atoms with Gasteiger partial charge in [0.2, 0.25) is 0 Å². The van der Waals surface area contributed by atoms with E-state index in [9.17, 15) is 4.79 Å². The van der Waals surface area contributed by atoms with Crippen molar-refractivity contribution in [3.63, 3.8) is 0 Å². The van der Waals surface area contributed by atoms with Gasteiger partial charge in [-0.25, -0.2) is 0 Å². The molecule has 0 radical (unpaired) electrons. The van der Waals surface area contributed by atoms with E-state index in [-0.39, 0.29) is 16.8 Å². The van der Waals surface area contributed by atoms with Crippen LogP contribution in [-0.4, -0.2) is 50.5 Å². The SMILES string of the molecule is COCC(CSC(C)(C)CC(C)(C)C(=O)OC)OC. The van der Waals surface area contributed by atoms with Crippen molar-refractivity contribution in [2.75, 3.05) is 33.7 Å². The highest BCUT2D eigenvalue weighted by Gasteiger charge is 2.36. The van der Waals surface area contributed by atoms with Crippen LogP contribution in [0.15, 0.2) is 0 Å². The van der Waals surface area contributed by atoms with E-state index in [0.29, 0.717) is 6.61 Å². The van der Waals surface area contributed by atoms with Crippen LogP contribution in [0, 0.1) is 5.41 Å². The van der Waals surface area contributed by atoms with Crippen molar-refractivity contribution in [3.8, 4) is 0 Å². The summed E-state index contributed by atoms with van der Waals surface area (Å²) in [6.45, 7) is 8.71. The van der Waals surface area contributed by atoms with Crippen molar-refractivity contribution < 1.29 is 19.0 Å². The number of thioether (sulfide) groups is 1. The Bertz CT molecular complexity index is 277. The Balaban J connectivity index is 4.42. The molecule has 114 valence electrons. The Labute approximate surface area is 121 Å². The van der Waals surface area contributed by atoms with Crippen LogP contribution in [0.25, 0.3) is 0 Å². The molecular formula is C14H28O4S. The molecule has 0 aliphatic heterocycles. The highest BCUT2D eigenvalue weighted by atomic mass is 32.2. The summed E-state index contributed by atoms with van der Waals surface area (Å²) in [7, 11) is 4.79. The van der Waals surface area contributed by atoms with Crippen molar-refractivity contribution in [2.24, 2.45) is 5.41 Å². The summed E-state index contributed by atoms with van der Waals surface area (Å²) in [6.07, 6.45) is 0.830. The summed E-state index contributed by atoms with van der Waals surface area (Å²) in [6, 6.07) is 0. The van der Waals surface area contributed by atoms with Crippen LogP contribution in [-0.2, 0) is 19.0 Å². The van der Waals surface area contributed by atoms with Gasteiger partial charge in [0.25, 0.3) is 0 Å². The minimum absolute atomic E-state index is 0.0256. The summed E-state index contributed by atoms with van der Waals surface area (Å²) in [4.78, 5) is 11.7. The number of methoxy groups -OCH3 is 3. The van der Waals surface area contributed by atoms with Gasteiger partial charge in [0.15, 0.2) is 0 Å². The fourth-order valence-electron chi connectivity index (χ4n) is 2.15. The number of esters is 1. The van der Waals surface area contributed by atoms with Gasteiger partial charge < -0.3 is 14.2 Å². The average molecular weight is 292 g/mol. The molecule has 0 aliphatic rings. The molecule has 0 aromatic carbocycles. The number of carbonyl (C=O) groups is 1. The molecule has 0 aromatic heterocycles. The van der Waals surface area contributed by atoms with Crippen LogP contribution in [0.2, 0.25) is 0 Å². The molecule has 0 amide bonds. The third kappa shape index (κ3) is 7.18.